The summed E-state index contributed by atoms with van der Waals surface area (Å²) in [4.78, 5) is 0. The largest absolute Gasteiger partial charge is 0.395 e. The molecule has 0 unspecified atom stereocenters. The summed E-state index contributed by atoms with van der Waals surface area (Å²) in [6.07, 6.45) is 4.17. The van der Waals surface area contributed by atoms with E-state index in [0.29, 0.717) is 5.92 Å². The topological polar surface area (TPSA) is 32.3 Å². The zero-order valence-corrected chi connectivity index (χ0v) is 10.1. The van der Waals surface area contributed by atoms with E-state index in [4.69, 9.17) is 5.11 Å². The van der Waals surface area contributed by atoms with Gasteiger partial charge in [0.15, 0.2) is 0 Å². The molecule has 88 valence electrons. The van der Waals surface area contributed by atoms with E-state index >= 15 is 0 Å². The fourth-order valence-electron chi connectivity index (χ4n) is 1.49. The fraction of sp³-hybridized carbons (Fsp3) is 0.429. The van der Waals surface area contributed by atoms with Crippen LogP contribution in [0.5, 0.6) is 0 Å². The molecule has 1 aromatic carbocycles. The fourth-order valence-corrected chi connectivity index (χ4v) is 1.49. The van der Waals surface area contributed by atoms with Crippen molar-refractivity contribution < 1.29 is 5.11 Å². The van der Waals surface area contributed by atoms with Crippen LogP contribution in [0.4, 0.5) is 0 Å². The molecule has 0 fully saturated rings. The Bertz CT molecular complexity index is 306. The first-order valence-electron chi connectivity index (χ1n) is 5.80. The van der Waals surface area contributed by atoms with Gasteiger partial charge in [0.05, 0.1) is 6.61 Å². The Labute approximate surface area is 98.0 Å². The van der Waals surface area contributed by atoms with E-state index in [1.807, 2.05) is 18.2 Å². The third-order valence-corrected chi connectivity index (χ3v) is 2.61. The van der Waals surface area contributed by atoms with Crippen molar-refractivity contribution in [2.75, 3.05) is 13.2 Å². The van der Waals surface area contributed by atoms with Crippen molar-refractivity contribution in [3.8, 4) is 0 Å². The predicted molar refractivity (Wildman–Crippen MR) is 69.2 cm³/mol. The zero-order chi connectivity index (χ0) is 11.8. The molecule has 1 aromatic rings. The molecule has 2 N–H and O–H groups in total. The van der Waals surface area contributed by atoms with E-state index in [-0.39, 0.29) is 12.6 Å². The molecule has 0 aliphatic heterocycles. The molecule has 2 nitrogen and oxygen atoms in total. The average Bonchev–Trinajstić information content (AvgIpc) is 2.30. The van der Waals surface area contributed by atoms with E-state index in [1.165, 1.54) is 5.56 Å². The zero-order valence-electron chi connectivity index (χ0n) is 10.1. The molecule has 0 saturated carbocycles. The highest BCUT2D eigenvalue weighted by Crippen LogP contribution is 2.02. The van der Waals surface area contributed by atoms with Gasteiger partial charge in [-0.3, -0.25) is 0 Å². The second kappa shape index (κ2) is 7.20. The molecule has 1 atom stereocenters. The second-order valence-corrected chi connectivity index (χ2v) is 4.25. The molecule has 1 rings (SSSR count). The number of hydrogen-bond donors (Lipinski definition) is 2. The van der Waals surface area contributed by atoms with E-state index in [2.05, 4.69) is 43.4 Å². The van der Waals surface area contributed by atoms with Crippen molar-refractivity contribution in [3.05, 3.63) is 42.0 Å². The van der Waals surface area contributed by atoms with Crippen molar-refractivity contribution in [3.63, 3.8) is 0 Å². The van der Waals surface area contributed by atoms with Gasteiger partial charge in [-0.1, -0.05) is 56.3 Å². The summed E-state index contributed by atoms with van der Waals surface area (Å²) in [6.45, 7) is 5.19. The van der Waals surface area contributed by atoms with Gasteiger partial charge in [0.1, 0.15) is 0 Å². The molecular formula is C14H21NO. The lowest BCUT2D eigenvalue weighted by Gasteiger charge is -2.18. The third-order valence-electron chi connectivity index (χ3n) is 2.61. The quantitative estimate of drug-likeness (QED) is 0.769. The minimum atomic E-state index is 0.181. The molecule has 16 heavy (non-hydrogen) atoms. The van der Waals surface area contributed by atoms with Crippen molar-refractivity contribution in [1.82, 2.24) is 5.32 Å². The highest BCUT2D eigenvalue weighted by atomic mass is 16.3. The standard InChI is InChI=1S/C14H21NO/c1-12(2)14(11-16)15-10-6-9-13-7-4-3-5-8-13/h3-9,12,14-16H,10-11H2,1-2H3/t14-/m1/s1. The van der Waals surface area contributed by atoms with Gasteiger partial charge >= 0.3 is 0 Å². The first-order valence-corrected chi connectivity index (χ1v) is 5.80. The summed E-state index contributed by atoms with van der Waals surface area (Å²) in [5, 5.41) is 12.4. The average molecular weight is 219 g/mol. The Morgan fingerprint density at radius 1 is 1.25 bits per heavy atom. The summed E-state index contributed by atoms with van der Waals surface area (Å²) < 4.78 is 0. The minimum Gasteiger partial charge on any atom is -0.395 e. The monoisotopic (exact) mass is 219 g/mol. The van der Waals surface area contributed by atoms with Crippen molar-refractivity contribution in [2.45, 2.75) is 19.9 Å². The van der Waals surface area contributed by atoms with Crippen molar-refractivity contribution in [2.24, 2.45) is 5.92 Å². The maximum Gasteiger partial charge on any atom is 0.0587 e. The van der Waals surface area contributed by atoms with Crippen LogP contribution in [-0.4, -0.2) is 24.3 Å². The van der Waals surface area contributed by atoms with Crippen LogP contribution in [0.25, 0.3) is 6.08 Å². The molecule has 0 spiro atoms. The first-order chi connectivity index (χ1) is 7.74. The van der Waals surface area contributed by atoms with Crippen LogP contribution in [0, 0.1) is 5.92 Å². The van der Waals surface area contributed by atoms with E-state index < -0.39 is 0 Å². The molecule has 0 saturated heterocycles. The summed E-state index contributed by atoms with van der Waals surface area (Å²) in [5.41, 5.74) is 1.20. The van der Waals surface area contributed by atoms with Crippen molar-refractivity contribution >= 4 is 6.08 Å². The Balaban J connectivity index is 2.32. The molecule has 0 aliphatic carbocycles. The van der Waals surface area contributed by atoms with Crippen molar-refractivity contribution in [1.29, 1.82) is 0 Å². The van der Waals surface area contributed by atoms with Crippen LogP contribution in [0.2, 0.25) is 0 Å². The number of hydrogen-bond acceptors (Lipinski definition) is 2. The Hall–Kier alpha value is -1.12. The van der Waals surface area contributed by atoms with Gasteiger partial charge in [0.2, 0.25) is 0 Å². The van der Waals surface area contributed by atoms with Gasteiger partial charge in [0.25, 0.3) is 0 Å². The van der Waals surface area contributed by atoms with Crippen LogP contribution in [0.3, 0.4) is 0 Å². The Morgan fingerprint density at radius 3 is 2.50 bits per heavy atom. The molecular weight excluding hydrogens is 198 g/mol. The SMILES string of the molecule is CC(C)[C@@H](CO)NCC=Cc1ccccc1. The number of aliphatic hydroxyl groups is 1. The van der Waals surface area contributed by atoms with E-state index in [9.17, 15) is 0 Å². The highest BCUT2D eigenvalue weighted by Gasteiger charge is 2.09. The second-order valence-electron chi connectivity index (χ2n) is 4.25. The van der Waals surface area contributed by atoms with Gasteiger partial charge in [-0.25, -0.2) is 0 Å². The molecule has 0 amide bonds. The van der Waals surface area contributed by atoms with Gasteiger partial charge in [-0.05, 0) is 11.5 Å². The van der Waals surface area contributed by atoms with E-state index in [1.54, 1.807) is 0 Å². The molecule has 0 aliphatic rings. The Kier molecular flexibility index (Phi) is 5.83. The minimum absolute atomic E-state index is 0.181. The number of rotatable bonds is 6. The van der Waals surface area contributed by atoms with Gasteiger partial charge in [-0.2, -0.15) is 0 Å². The lowest BCUT2D eigenvalue weighted by atomic mass is 10.1. The van der Waals surface area contributed by atoms with Crippen LogP contribution >= 0.6 is 0 Å². The van der Waals surface area contributed by atoms with E-state index in [0.717, 1.165) is 6.54 Å². The molecule has 0 radical (unpaired) electrons. The number of benzene rings is 1. The summed E-state index contributed by atoms with van der Waals surface area (Å²) in [6, 6.07) is 10.4. The molecule has 0 bridgehead atoms. The van der Waals surface area contributed by atoms with Crippen LogP contribution < -0.4 is 5.32 Å². The summed E-state index contributed by atoms with van der Waals surface area (Å²) in [5.74, 6) is 0.454. The smallest absolute Gasteiger partial charge is 0.0587 e. The first kappa shape index (κ1) is 12.9. The lowest BCUT2D eigenvalue weighted by molar-refractivity contribution is 0.215. The third kappa shape index (κ3) is 4.60. The molecule has 2 heteroatoms. The van der Waals surface area contributed by atoms with Crippen LogP contribution in [0.1, 0.15) is 19.4 Å². The van der Waals surface area contributed by atoms with Crippen LogP contribution in [0.15, 0.2) is 36.4 Å². The number of nitrogens with one attached hydrogen (secondary N) is 1. The van der Waals surface area contributed by atoms with Gasteiger partial charge in [0, 0.05) is 12.6 Å². The van der Waals surface area contributed by atoms with Gasteiger partial charge < -0.3 is 10.4 Å². The summed E-state index contributed by atoms with van der Waals surface area (Å²) >= 11 is 0. The predicted octanol–water partition coefficient (Wildman–Crippen LogP) is 2.31. The van der Waals surface area contributed by atoms with Gasteiger partial charge in [-0.15, -0.1) is 0 Å². The number of aliphatic hydroxyl groups excluding tert-OH is 1. The maximum atomic E-state index is 9.13. The molecule has 0 heterocycles. The Morgan fingerprint density at radius 2 is 1.94 bits per heavy atom. The highest BCUT2D eigenvalue weighted by molar-refractivity contribution is 5.48. The normalized spacial score (nSPS) is 13.5. The lowest BCUT2D eigenvalue weighted by Crippen LogP contribution is -2.36. The molecule has 0 aromatic heterocycles. The van der Waals surface area contributed by atoms with Crippen LogP contribution in [-0.2, 0) is 0 Å². The maximum absolute atomic E-state index is 9.13. The summed E-state index contributed by atoms with van der Waals surface area (Å²) in [7, 11) is 0.